The smallest absolute Gasteiger partial charge is 0.287 e. The highest BCUT2D eigenvalue weighted by Crippen LogP contribution is 2.36. The zero-order valence-corrected chi connectivity index (χ0v) is 14.5. The van der Waals surface area contributed by atoms with Gasteiger partial charge in [-0.25, -0.2) is 0 Å². The molecule has 0 saturated carbocycles. The van der Waals surface area contributed by atoms with Gasteiger partial charge in [-0.3, -0.25) is 4.79 Å². The fourth-order valence-corrected chi connectivity index (χ4v) is 2.46. The molecule has 0 aliphatic heterocycles. The molecule has 1 aromatic heterocycles. The van der Waals surface area contributed by atoms with Crippen molar-refractivity contribution in [2.45, 2.75) is 13.5 Å². The second-order valence-corrected chi connectivity index (χ2v) is 5.52. The molecule has 0 spiro atoms. The molecule has 7 heteroatoms. The van der Waals surface area contributed by atoms with E-state index in [1.54, 1.807) is 24.3 Å². The van der Waals surface area contributed by atoms with E-state index in [0.29, 0.717) is 34.3 Å². The summed E-state index contributed by atoms with van der Waals surface area (Å²) in [6.07, 6.45) is 0. The lowest BCUT2D eigenvalue weighted by Gasteiger charge is -2.13. The predicted octanol–water partition coefficient (Wildman–Crippen LogP) is 4.03. The fraction of sp³-hybridized carbons (Fsp3) is 0.267. The average molecular weight is 389 g/mol. The van der Waals surface area contributed by atoms with Crippen LogP contribution in [0.2, 0.25) is 5.02 Å². The summed E-state index contributed by atoms with van der Waals surface area (Å²) in [4.78, 5) is 11.9. The van der Waals surface area contributed by atoms with Crippen LogP contribution in [0.25, 0.3) is 0 Å². The van der Waals surface area contributed by atoms with Gasteiger partial charge in [0.2, 0.25) is 0 Å². The molecule has 0 radical (unpaired) electrons. The van der Waals surface area contributed by atoms with E-state index in [-0.39, 0.29) is 11.7 Å². The number of carbonyl (C=O) groups excluding carboxylic acids is 1. The summed E-state index contributed by atoms with van der Waals surface area (Å²) in [7, 11) is 1.54. The summed E-state index contributed by atoms with van der Waals surface area (Å²) in [5.41, 5.74) is 0.796. The molecule has 0 fully saturated rings. The Labute approximate surface area is 141 Å². The van der Waals surface area contributed by atoms with Crippen LogP contribution in [0.4, 0.5) is 0 Å². The van der Waals surface area contributed by atoms with Crippen molar-refractivity contribution < 1.29 is 18.7 Å². The van der Waals surface area contributed by atoms with Gasteiger partial charge >= 0.3 is 0 Å². The molecule has 5 nitrogen and oxygen atoms in total. The van der Waals surface area contributed by atoms with Crippen LogP contribution in [-0.2, 0) is 6.54 Å². The Kier molecular flexibility index (Phi) is 5.74. The quantitative estimate of drug-likeness (QED) is 0.811. The van der Waals surface area contributed by atoms with Crippen LogP contribution >= 0.6 is 27.5 Å². The largest absolute Gasteiger partial charge is 0.493 e. The van der Waals surface area contributed by atoms with Crippen LogP contribution in [-0.4, -0.2) is 19.6 Å². The van der Waals surface area contributed by atoms with Crippen LogP contribution in [0.1, 0.15) is 23.0 Å². The highest BCUT2D eigenvalue weighted by molar-refractivity contribution is 9.10. The van der Waals surface area contributed by atoms with Crippen molar-refractivity contribution >= 4 is 33.4 Å². The minimum Gasteiger partial charge on any atom is -0.493 e. The lowest BCUT2D eigenvalue weighted by atomic mass is 10.2. The fourth-order valence-electron chi connectivity index (χ4n) is 1.87. The zero-order valence-electron chi connectivity index (χ0n) is 12.1. The summed E-state index contributed by atoms with van der Waals surface area (Å²) >= 11 is 9.34. The van der Waals surface area contributed by atoms with E-state index in [0.717, 1.165) is 5.56 Å². The SMILES string of the molecule is CCOc1c(Cl)cc(CNC(=O)c2ccc(Br)o2)cc1OC. The number of hydrogen-bond acceptors (Lipinski definition) is 4. The van der Waals surface area contributed by atoms with Crippen molar-refractivity contribution in [2.24, 2.45) is 0 Å². The second kappa shape index (κ2) is 7.56. The van der Waals surface area contributed by atoms with E-state index in [2.05, 4.69) is 21.2 Å². The Morgan fingerprint density at radius 2 is 2.18 bits per heavy atom. The number of hydrogen-bond donors (Lipinski definition) is 1. The third kappa shape index (κ3) is 3.96. The number of nitrogens with one attached hydrogen (secondary N) is 1. The molecule has 118 valence electrons. The Morgan fingerprint density at radius 1 is 1.41 bits per heavy atom. The third-order valence-corrected chi connectivity index (χ3v) is 3.53. The third-order valence-electron chi connectivity index (χ3n) is 2.83. The first kappa shape index (κ1) is 16.7. The number of ether oxygens (including phenoxy) is 2. The predicted molar refractivity (Wildman–Crippen MR) is 86.8 cm³/mol. The van der Waals surface area contributed by atoms with Crippen LogP contribution in [0.3, 0.4) is 0 Å². The zero-order chi connectivity index (χ0) is 16.1. The van der Waals surface area contributed by atoms with E-state index in [9.17, 15) is 4.79 Å². The monoisotopic (exact) mass is 387 g/mol. The van der Waals surface area contributed by atoms with Crippen LogP contribution < -0.4 is 14.8 Å². The van der Waals surface area contributed by atoms with Gasteiger partial charge in [0.05, 0.1) is 18.7 Å². The van der Waals surface area contributed by atoms with E-state index in [1.807, 2.05) is 6.92 Å². The number of halogens is 2. The van der Waals surface area contributed by atoms with Gasteiger partial charge in [-0.15, -0.1) is 0 Å². The topological polar surface area (TPSA) is 60.7 Å². The first-order chi connectivity index (χ1) is 10.5. The molecule has 0 aliphatic rings. The Morgan fingerprint density at radius 3 is 2.77 bits per heavy atom. The molecule has 0 saturated heterocycles. The number of amides is 1. The van der Waals surface area contributed by atoms with Gasteiger partial charge in [0.25, 0.3) is 5.91 Å². The van der Waals surface area contributed by atoms with Gasteiger partial charge in [0.15, 0.2) is 21.9 Å². The van der Waals surface area contributed by atoms with Gasteiger partial charge < -0.3 is 19.2 Å². The minimum atomic E-state index is -0.310. The van der Waals surface area contributed by atoms with Crippen LogP contribution in [0.5, 0.6) is 11.5 Å². The number of rotatable bonds is 6. The molecule has 2 rings (SSSR count). The van der Waals surface area contributed by atoms with E-state index in [4.69, 9.17) is 25.5 Å². The lowest BCUT2D eigenvalue weighted by molar-refractivity contribution is 0.0922. The van der Waals surface area contributed by atoms with Crippen molar-refractivity contribution in [1.82, 2.24) is 5.32 Å². The molecule has 0 unspecified atom stereocenters. The Hall–Kier alpha value is -1.66. The second-order valence-electron chi connectivity index (χ2n) is 4.33. The molecular formula is C15H15BrClNO4. The van der Waals surface area contributed by atoms with E-state index >= 15 is 0 Å². The summed E-state index contributed by atoms with van der Waals surface area (Å²) in [5.74, 6) is 0.946. The van der Waals surface area contributed by atoms with Crippen LogP contribution in [0.15, 0.2) is 33.4 Å². The van der Waals surface area contributed by atoms with Gasteiger partial charge in [0, 0.05) is 6.54 Å². The van der Waals surface area contributed by atoms with Gasteiger partial charge in [-0.2, -0.15) is 0 Å². The maximum Gasteiger partial charge on any atom is 0.287 e. The van der Waals surface area contributed by atoms with Crippen molar-refractivity contribution in [3.05, 3.63) is 45.3 Å². The number of benzene rings is 1. The normalized spacial score (nSPS) is 10.4. The summed E-state index contributed by atoms with van der Waals surface area (Å²) < 4.78 is 16.4. The Balaban J connectivity index is 2.10. The molecule has 0 bridgehead atoms. The standard InChI is InChI=1S/C15H15BrClNO4/c1-3-21-14-10(17)6-9(7-12(14)20-2)8-18-15(19)11-4-5-13(16)22-11/h4-7H,3,8H2,1-2H3,(H,18,19). The minimum absolute atomic E-state index is 0.232. The molecule has 1 amide bonds. The van der Waals surface area contributed by atoms with Crippen molar-refractivity contribution in [1.29, 1.82) is 0 Å². The maximum atomic E-state index is 11.9. The molecule has 1 heterocycles. The highest BCUT2D eigenvalue weighted by atomic mass is 79.9. The summed E-state index contributed by atoms with van der Waals surface area (Å²) in [6, 6.07) is 6.75. The molecule has 0 aliphatic carbocycles. The summed E-state index contributed by atoms with van der Waals surface area (Å²) in [6.45, 7) is 2.64. The average Bonchev–Trinajstić information content (AvgIpc) is 2.93. The van der Waals surface area contributed by atoms with E-state index < -0.39 is 0 Å². The molecule has 1 N–H and O–H groups in total. The molecule has 22 heavy (non-hydrogen) atoms. The number of carbonyl (C=O) groups is 1. The number of methoxy groups -OCH3 is 1. The van der Waals surface area contributed by atoms with Gasteiger partial charge in [-0.05, 0) is 52.7 Å². The highest BCUT2D eigenvalue weighted by Gasteiger charge is 2.14. The van der Waals surface area contributed by atoms with E-state index in [1.165, 1.54) is 7.11 Å². The Bertz CT molecular complexity index is 672. The first-order valence-corrected chi connectivity index (χ1v) is 7.75. The van der Waals surface area contributed by atoms with Crippen LogP contribution in [0, 0.1) is 0 Å². The molecule has 0 atom stereocenters. The molecule has 1 aromatic carbocycles. The lowest BCUT2D eigenvalue weighted by Crippen LogP contribution is -2.22. The number of furan rings is 1. The first-order valence-electron chi connectivity index (χ1n) is 6.58. The molecular weight excluding hydrogens is 374 g/mol. The van der Waals surface area contributed by atoms with Gasteiger partial charge in [-0.1, -0.05) is 11.6 Å². The van der Waals surface area contributed by atoms with Crippen molar-refractivity contribution in [3.8, 4) is 11.5 Å². The van der Waals surface area contributed by atoms with Gasteiger partial charge in [0.1, 0.15) is 0 Å². The molecule has 2 aromatic rings. The van der Waals surface area contributed by atoms with Crippen molar-refractivity contribution in [3.63, 3.8) is 0 Å². The van der Waals surface area contributed by atoms with Crippen molar-refractivity contribution in [2.75, 3.05) is 13.7 Å². The summed E-state index contributed by atoms with van der Waals surface area (Å²) in [5, 5.41) is 3.19. The maximum absolute atomic E-state index is 11.9.